The van der Waals surface area contributed by atoms with E-state index in [1.807, 2.05) is 60.7 Å². The zero-order valence-electron chi connectivity index (χ0n) is 30.0. The Kier molecular flexibility index (Phi) is 14.3. The van der Waals surface area contributed by atoms with Gasteiger partial charge in [0.25, 0.3) is 5.91 Å². The first-order valence-corrected chi connectivity index (χ1v) is 16.4. The highest BCUT2D eigenvalue weighted by atomic mass is 16.5. The number of aromatic hydroxyl groups is 1. The van der Waals surface area contributed by atoms with Gasteiger partial charge in [0.15, 0.2) is 0 Å². The quantitative estimate of drug-likeness (QED) is 0.0772. The molecule has 0 aliphatic carbocycles. The molecule has 0 spiro atoms. The zero-order valence-corrected chi connectivity index (χ0v) is 30.0. The summed E-state index contributed by atoms with van der Waals surface area (Å²) >= 11 is 0. The van der Waals surface area contributed by atoms with Crippen molar-refractivity contribution in [2.45, 2.75) is 27.1 Å². The van der Waals surface area contributed by atoms with Gasteiger partial charge >= 0.3 is 11.9 Å². The lowest BCUT2D eigenvalue weighted by Gasteiger charge is -2.14. The van der Waals surface area contributed by atoms with Crippen LogP contribution in [0.5, 0.6) is 17.2 Å². The summed E-state index contributed by atoms with van der Waals surface area (Å²) in [6, 6.07) is 32.4. The molecule has 3 amide bonds. The maximum Gasteiger partial charge on any atom is 0.337 e. The summed E-state index contributed by atoms with van der Waals surface area (Å²) in [5, 5.41) is 18.1. The molecule has 13 heteroatoms. The lowest BCUT2D eigenvalue weighted by molar-refractivity contribution is -0.115. The molecule has 0 heterocycles. The number of carbonyl (C=O) groups excluding carboxylic acids is 5. The molecule has 0 saturated heterocycles. The van der Waals surface area contributed by atoms with Crippen LogP contribution in [-0.4, -0.2) is 49.0 Å². The van der Waals surface area contributed by atoms with Gasteiger partial charge in [0.05, 0.1) is 42.4 Å². The minimum absolute atomic E-state index is 0.125. The third kappa shape index (κ3) is 11.7. The van der Waals surface area contributed by atoms with E-state index in [0.717, 1.165) is 11.1 Å². The highest BCUT2D eigenvalue weighted by molar-refractivity contribution is 6.06. The predicted molar refractivity (Wildman–Crippen MR) is 202 cm³/mol. The molecule has 0 atom stereocenters. The Labute approximate surface area is 311 Å². The van der Waals surface area contributed by atoms with Crippen molar-refractivity contribution in [1.82, 2.24) is 0 Å². The number of esters is 2. The van der Waals surface area contributed by atoms with E-state index >= 15 is 0 Å². The van der Waals surface area contributed by atoms with Crippen LogP contribution in [0.4, 0.5) is 17.1 Å². The van der Waals surface area contributed by atoms with Crippen molar-refractivity contribution >= 4 is 46.7 Å². The first-order chi connectivity index (χ1) is 26.0. The molecule has 0 radical (unpaired) electrons. The minimum atomic E-state index is -0.605. The van der Waals surface area contributed by atoms with Crippen molar-refractivity contribution in [2.24, 2.45) is 0 Å². The third-order valence-electron chi connectivity index (χ3n) is 7.41. The summed E-state index contributed by atoms with van der Waals surface area (Å²) in [5.74, 6) is -1.60. The summed E-state index contributed by atoms with van der Waals surface area (Å²) in [6.45, 7) is 3.36. The number of anilines is 3. The van der Waals surface area contributed by atoms with E-state index in [9.17, 15) is 29.1 Å². The topological polar surface area (TPSA) is 179 Å². The molecule has 0 aromatic heterocycles. The van der Waals surface area contributed by atoms with Gasteiger partial charge in [-0.05, 0) is 65.7 Å². The molecule has 0 unspecified atom stereocenters. The highest BCUT2D eigenvalue weighted by Gasteiger charge is 2.16. The van der Waals surface area contributed by atoms with Gasteiger partial charge in [-0.3, -0.25) is 14.4 Å². The molecule has 13 nitrogen and oxygen atoms in total. The maximum atomic E-state index is 12.7. The summed E-state index contributed by atoms with van der Waals surface area (Å²) in [6.07, 6.45) is 0. The average molecular weight is 734 g/mol. The van der Waals surface area contributed by atoms with Gasteiger partial charge < -0.3 is 40.0 Å². The minimum Gasteiger partial charge on any atom is -0.506 e. The van der Waals surface area contributed by atoms with Crippen LogP contribution >= 0.6 is 0 Å². The summed E-state index contributed by atoms with van der Waals surface area (Å²) in [7, 11) is 2.55. The number of phenolic OH excluding ortho intramolecular Hbond substituents is 1. The number of hydrogen-bond donors (Lipinski definition) is 4. The molecule has 54 heavy (non-hydrogen) atoms. The van der Waals surface area contributed by atoms with Crippen LogP contribution in [0.2, 0.25) is 0 Å². The van der Waals surface area contributed by atoms with E-state index in [0.29, 0.717) is 35.0 Å². The Bertz CT molecular complexity index is 2100. The lowest BCUT2D eigenvalue weighted by Crippen LogP contribution is -2.14. The molecule has 0 aliphatic rings. The fraction of sp³-hybridized carbons (Fsp3) is 0.146. The van der Waals surface area contributed by atoms with Crippen molar-refractivity contribution in [3.8, 4) is 17.2 Å². The number of ether oxygens (including phenoxy) is 4. The fourth-order valence-corrected chi connectivity index (χ4v) is 4.80. The Morgan fingerprint density at radius 1 is 0.519 bits per heavy atom. The van der Waals surface area contributed by atoms with E-state index in [-0.39, 0.29) is 41.0 Å². The molecule has 0 aliphatic heterocycles. The van der Waals surface area contributed by atoms with Crippen LogP contribution in [0, 0.1) is 0 Å². The number of rotatable bonds is 12. The van der Waals surface area contributed by atoms with Crippen LogP contribution < -0.4 is 25.4 Å². The van der Waals surface area contributed by atoms with Crippen LogP contribution in [0.3, 0.4) is 0 Å². The molecular formula is C41H39N3O10. The number of hydrogen-bond acceptors (Lipinski definition) is 10. The standard InChI is InChI=1S/C24H22N2O6.C17H17NO4/c1-15(27)25-20-11-8-17(13-22(20)32-14-16-6-4-3-5-7-16)23(29)26-19-10-9-18(12-21(19)28)24(30)31-2;1-12(19)18-15-9-8-14(17(20)21-2)10-16(15)22-11-13-6-4-3-5-7-13/h3-13,28H,14H2,1-2H3,(H,25,27)(H,26,29);3-10H,11H2,1-2H3,(H,18,19). The largest absolute Gasteiger partial charge is 0.506 e. The molecule has 5 aromatic carbocycles. The summed E-state index contributed by atoms with van der Waals surface area (Å²) < 4.78 is 20.9. The second-order valence-electron chi connectivity index (χ2n) is 11.5. The van der Waals surface area contributed by atoms with E-state index in [1.54, 1.807) is 24.3 Å². The van der Waals surface area contributed by atoms with Gasteiger partial charge in [0, 0.05) is 19.4 Å². The normalized spacial score (nSPS) is 10.1. The van der Waals surface area contributed by atoms with Crippen LogP contribution in [0.1, 0.15) is 56.0 Å². The van der Waals surface area contributed by atoms with Gasteiger partial charge in [-0.15, -0.1) is 0 Å². The fourth-order valence-electron chi connectivity index (χ4n) is 4.80. The number of nitrogens with one attached hydrogen (secondary N) is 3. The second-order valence-corrected chi connectivity index (χ2v) is 11.5. The van der Waals surface area contributed by atoms with Gasteiger partial charge in [-0.2, -0.15) is 0 Å². The van der Waals surface area contributed by atoms with E-state index in [4.69, 9.17) is 14.2 Å². The first-order valence-electron chi connectivity index (χ1n) is 16.4. The monoisotopic (exact) mass is 733 g/mol. The second kappa shape index (κ2) is 19.5. The first kappa shape index (κ1) is 39.6. The third-order valence-corrected chi connectivity index (χ3v) is 7.41. The zero-order chi connectivity index (χ0) is 39.0. The molecule has 5 aromatic rings. The van der Waals surface area contributed by atoms with Gasteiger partial charge in [-0.25, -0.2) is 9.59 Å². The summed E-state index contributed by atoms with van der Waals surface area (Å²) in [5.41, 5.74) is 3.73. The smallest absolute Gasteiger partial charge is 0.337 e. The van der Waals surface area contributed by atoms with Crippen LogP contribution in [-0.2, 0) is 32.3 Å². The number of benzene rings is 5. The molecule has 278 valence electrons. The van der Waals surface area contributed by atoms with Crippen molar-refractivity contribution in [1.29, 1.82) is 0 Å². The molecule has 5 rings (SSSR count). The maximum absolute atomic E-state index is 12.7. The highest BCUT2D eigenvalue weighted by Crippen LogP contribution is 2.30. The van der Waals surface area contributed by atoms with Crippen LogP contribution in [0.25, 0.3) is 0 Å². The Morgan fingerprint density at radius 3 is 1.35 bits per heavy atom. The van der Waals surface area contributed by atoms with Crippen molar-refractivity contribution in [2.75, 3.05) is 30.2 Å². The van der Waals surface area contributed by atoms with Crippen molar-refractivity contribution < 1.29 is 48.0 Å². The Balaban J connectivity index is 0.000000258. The van der Waals surface area contributed by atoms with E-state index in [2.05, 4.69) is 20.7 Å². The van der Waals surface area contributed by atoms with Gasteiger partial charge in [0.2, 0.25) is 11.8 Å². The number of carbonyl (C=O) groups is 5. The molecule has 0 bridgehead atoms. The Morgan fingerprint density at radius 2 is 0.926 bits per heavy atom. The van der Waals surface area contributed by atoms with E-state index in [1.165, 1.54) is 58.4 Å². The molecule has 0 fully saturated rings. The number of methoxy groups -OCH3 is 2. The number of phenols is 1. The van der Waals surface area contributed by atoms with Crippen molar-refractivity contribution in [3.05, 3.63) is 143 Å². The SMILES string of the molecule is COC(=O)c1ccc(NC(=O)c2ccc(NC(C)=O)c(OCc3ccccc3)c2)c(O)c1.COC(=O)c1ccc(NC(C)=O)c(OCc2ccccc2)c1. The average Bonchev–Trinajstić information content (AvgIpc) is 3.17. The number of amides is 3. The Hall–Kier alpha value is -7.15. The molecule has 0 saturated carbocycles. The van der Waals surface area contributed by atoms with Crippen LogP contribution in [0.15, 0.2) is 115 Å². The lowest BCUT2D eigenvalue weighted by atomic mass is 10.1. The van der Waals surface area contributed by atoms with E-state index < -0.39 is 17.8 Å². The molecule has 4 N–H and O–H groups in total. The molecular weight excluding hydrogens is 694 g/mol. The van der Waals surface area contributed by atoms with Gasteiger partial charge in [0.1, 0.15) is 30.5 Å². The summed E-state index contributed by atoms with van der Waals surface area (Å²) in [4.78, 5) is 58.7. The predicted octanol–water partition coefficient (Wildman–Crippen LogP) is 6.98. The van der Waals surface area contributed by atoms with Gasteiger partial charge in [-0.1, -0.05) is 60.7 Å². The van der Waals surface area contributed by atoms with Crippen molar-refractivity contribution in [3.63, 3.8) is 0 Å².